The van der Waals surface area contributed by atoms with E-state index in [2.05, 4.69) is 45.8 Å². The maximum absolute atomic E-state index is 5.60. The summed E-state index contributed by atoms with van der Waals surface area (Å²) >= 11 is 1.78. The summed E-state index contributed by atoms with van der Waals surface area (Å²) in [6.45, 7) is 9.87. The van der Waals surface area contributed by atoms with E-state index in [0.717, 1.165) is 23.0 Å². The molecular weight excluding hydrogens is 330 g/mol. The maximum atomic E-state index is 5.60. The molecule has 5 nitrogen and oxygen atoms in total. The van der Waals surface area contributed by atoms with Crippen LogP contribution in [-0.2, 0) is 0 Å². The van der Waals surface area contributed by atoms with Gasteiger partial charge in [-0.15, -0.1) is 13.2 Å². The molecule has 3 N–H and O–H groups in total. The molecule has 0 fully saturated rings. The van der Waals surface area contributed by atoms with Crippen molar-refractivity contribution < 1.29 is 0 Å². The van der Waals surface area contributed by atoms with E-state index in [0.29, 0.717) is 0 Å². The van der Waals surface area contributed by atoms with Crippen LogP contribution < -0.4 is 11.1 Å². The van der Waals surface area contributed by atoms with Crippen LogP contribution in [0.5, 0.6) is 0 Å². The largest absolute Gasteiger partial charge is 0.368 e. The van der Waals surface area contributed by atoms with E-state index in [1.54, 1.807) is 24.2 Å². The van der Waals surface area contributed by atoms with Gasteiger partial charge in [-0.2, -0.15) is 16.7 Å². The number of rotatable bonds is 5. The number of aryl methyl sites for hydroxylation is 1. The minimum Gasteiger partial charge on any atom is -0.368 e. The van der Waals surface area contributed by atoms with Gasteiger partial charge in [0, 0.05) is 35.6 Å². The minimum atomic E-state index is 0.288. The lowest BCUT2D eigenvalue weighted by molar-refractivity contribution is 1.11. The predicted molar refractivity (Wildman–Crippen MR) is 112 cm³/mol. The van der Waals surface area contributed by atoms with Crippen LogP contribution in [0.15, 0.2) is 73.7 Å². The van der Waals surface area contributed by atoms with E-state index in [1.165, 1.54) is 0 Å². The molecule has 2 rings (SSSR count). The summed E-state index contributed by atoms with van der Waals surface area (Å²) in [6.07, 6.45) is 11.7. The van der Waals surface area contributed by atoms with Crippen molar-refractivity contribution >= 4 is 23.5 Å². The highest BCUT2D eigenvalue weighted by atomic mass is 32.2. The fraction of sp³-hybridized carbons (Fsp3) is 0.211. The van der Waals surface area contributed by atoms with Gasteiger partial charge in [-0.1, -0.05) is 18.2 Å². The zero-order valence-corrected chi connectivity index (χ0v) is 16.0. The van der Waals surface area contributed by atoms with Gasteiger partial charge in [-0.3, -0.25) is 4.98 Å². The van der Waals surface area contributed by atoms with Crippen LogP contribution in [0.4, 0.5) is 11.8 Å². The number of allylic oxidation sites excluding steroid dienone is 2. The molecule has 0 radical (unpaired) electrons. The summed E-state index contributed by atoms with van der Waals surface area (Å²) in [5, 5.41) is 3.20. The molecule has 0 spiro atoms. The third kappa shape index (κ3) is 11.6. The summed E-state index contributed by atoms with van der Waals surface area (Å²) < 4.78 is 0. The number of hydrogen-bond donors (Lipinski definition) is 2. The van der Waals surface area contributed by atoms with Gasteiger partial charge in [0.25, 0.3) is 0 Å². The van der Waals surface area contributed by atoms with Gasteiger partial charge in [0.1, 0.15) is 5.82 Å². The molecule has 0 aliphatic heterocycles. The van der Waals surface area contributed by atoms with Crippen molar-refractivity contribution in [3.63, 3.8) is 0 Å². The van der Waals surface area contributed by atoms with Gasteiger partial charge in [-0.05, 0) is 38.3 Å². The number of hydrogen-bond acceptors (Lipinski definition) is 6. The first-order valence-electron chi connectivity index (χ1n) is 7.70. The molecule has 0 aromatic carbocycles. The molecule has 0 atom stereocenters. The number of nitrogens with one attached hydrogen (secondary N) is 1. The Kier molecular flexibility index (Phi) is 13.4. The average Bonchev–Trinajstić information content (AvgIpc) is 2.64. The third-order valence-electron chi connectivity index (χ3n) is 2.58. The Bertz CT molecular complexity index is 595. The van der Waals surface area contributed by atoms with E-state index in [9.17, 15) is 0 Å². The summed E-state index contributed by atoms with van der Waals surface area (Å²) in [7, 11) is 0. The highest BCUT2D eigenvalue weighted by molar-refractivity contribution is 7.98. The molecular formula is C19H27N5S. The van der Waals surface area contributed by atoms with Crippen molar-refractivity contribution in [2.24, 2.45) is 0 Å². The van der Waals surface area contributed by atoms with Gasteiger partial charge in [-0.25, -0.2) is 4.98 Å². The summed E-state index contributed by atoms with van der Waals surface area (Å²) in [4.78, 5) is 11.9. The summed E-state index contributed by atoms with van der Waals surface area (Å²) in [5.74, 6) is 2.00. The molecule has 6 heteroatoms. The Hall–Kier alpha value is -2.60. The minimum absolute atomic E-state index is 0.288. The molecule has 0 amide bonds. The molecule has 2 heterocycles. The van der Waals surface area contributed by atoms with Gasteiger partial charge in [0.15, 0.2) is 0 Å². The molecule has 0 saturated heterocycles. The summed E-state index contributed by atoms with van der Waals surface area (Å²) in [6, 6.07) is 7.58. The molecule has 0 saturated carbocycles. The van der Waals surface area contributed by atoms with E-state index < -0.39 is 0 Å². The SMILES string of the molecule is C/C=C(\C=C/CSC)Nc1cc(C)nc(N)n1.C=C.c1ccncc1. The zero-order chi connectivity index (χ0) is 18.9. The second kappa shape index (κ2) is 15.0. The van der Waals surface area contributed by atoms with E-state index in [1.807, 2.05) is 50.3 Å². The Balaban J connectivity index is 0.000000596. The number of nitrogen functional groups attached to an aromatic ring is 1. The fourth-order valence-corrected chi connectivity index (χ4v) is 1.89. The number of thioether (sulfide) groups is 1. The zero-order valence-electron chi connectivity index (χ0n) is 15.1. The monoisotopic (exact) mass is 357 g/mol. The smallest absolute Gasteiger partial charge is 0.222 e. The van der Waals surface area contributed by atoms with Crippen LogP contribution in [0, 0.1) is 6.92 Å². The molecule has 0 aliphatic rings. The Morgan fingerprint density at radius 2 is 1.92 bits per heavy atom. The van der Waals surface area contributed by atoms with E-state index >= 15 is 0 Å². The fourth-order valence-electron chi connectivity index (χ4n) is 1.60. The van der Waals surface area contributed by atoms with Gasteiger partial charge >= 0.3 is 0 Å². The van der Waals surface area contributed by atoms with Crippen LogP contribution >= 0.6 is 11.8 Å². The number of anilines is 2. The number of nitrogens with two attached hydrogens (primary N) is 1. The third-order valence-corrected chi connectivity index (χ3v) is 3.11. The van der Waals surface area contributed by atoms with Crippen molar-refractivity contribution in [2.45, 2.75) is 13.8 Å². The standard InChI is InChI=1S/C12H18N4S.C5H5N.C2H4/c1-4-10(6-5-7-17-3)15-11-8-9(2)14-12(13)16-11;1-2-4-6-5-3-1;1-2/h4-6,8H,7H2,1-3H3,(H3,13,14,15,16);1-5H;1-2H2/b6-5-,10-4+;;. The maximum Gasteiger partial charge on any atom is 0.222 e. The van der Waals surface area contributed by atoms with Gasteiger partial charge in [0.05, 0.1) is 0 Å². The van der Waals surface area contributed by atoms with Crippen LogP contribution in [0.3, 0.4) is 0 Å². The normalized spacial score (nSPS) is 10.3. The first-order valence-corrected chi connectivity index (χ1v) is 9.10. The second-order valence-corrected chi connectivity index (χ2v) is 5.41. The Morgan fingerprint density at radius 3 is 2.36 bits per heavy atom. The predicted octanol–water partition coefficient (Wildman–Crippen LogP) is 4.49. The molecule has 2 aromatic rings. The van der Waals surface area contributed by atoms with Crippen LogP contribution in [0.1, 0.15) is 12.6 Å². The quantitative estimate of drug-likeness (QED) is 0.606. The number of nitrogens with zero attached hydrogens (tertiary/aromatic N) is 3. The lowest BCUT2D eigenvalue weighted by atomic mass is 10.3. The highest BCUT2D eigenvalue weighted by Crippen LogP contribution is 2.11. The molecule has 25 heavy (non-hydrogen) atoms. The number of pyridine rings is 1. The van der Waals surface area contributed by atoms with Crippen molar-refractivity contribution in [2.75, 3.05) is 23.1 Å². The van der Waals surface area contributed by atoms with Crippen LogP contribution in [0.2, 0.25) is 0 Å². The molecule has 0 bridgehead atoms. The van der Waals surface area contributed by atoms with Crippen LogP contribution in [0.25, 0.3) is 0 Å². The van der Waals surface area contributed by atoms with Crippen molar-refractivity contribution in [1.82, 2.24) is 15.0 Å². The number of aromatic nitrogens is 3. The van der Waals surface area contributed by atoms with Gasteiger partial charge < -0.3 is 11.1 Å². The second-order valence-electron chi connectivity index (χ2n) is 4.50. The highest BCUT2D eigenvalue weighted by Gasteiger charge is 1.99. The first-order chi connectivity index (χ1) is 12.2. The van der Waals surface area contributed by atoms with E-state index in [4.69, 9.17) is 5.73 Å². The molecule has 0 aliphatic carbocycles. The lowest BCUT2D eigenvalue weighted by Crippen LogP contribution is -2.04. The van der Waals surface area contributed by atoms with Crippen molar-refractivity contribution in [3.05, 3.63) is 79.4 Å². The van der Waals surface area contributed by atoms with Gasteiger partial charge in [0.2, 0.25) is 5.95 Å². The topological polar surface area (TPSA) is 76.7 Å². The molecule has 2 aromatic heterocycles. The Labute approximate surface area is 155 Å². The van der Waals surface area contributed by atoms with E-state index in [-0.39, 0.29) is 5.95 Å². The molecule has 0 unspecified atom stereocenters. The average molecular weight is 358 g/mol. The van der Waals surface area contributed by atoms with Crippen molar-refractivity contribution in [1.29, 1.82) is 0 Å². The first kappa shape index (κ1) is 22.4. The Morgan fingerprint density at radius 1 is 1.24 bits per heavy atom. The lowest BCUT2D eigenvalue weighted by Gasteiger charge is -2.07. The molecule has 134 valence electrons. The van der Waals surface area contributed by atoms with Crippen LogP contribution in [-0.4, -0.2) is 27.0 Å². The van der Waals surface area contributed by atoms with Crippen molar-refractivity contribution in [3.8, 4) is 0 Å². The summed E-state index contributed by atoms with van der Waals surface area (Å²) in [5.41, 5.74) is 7.44.